The molecule has 3 nitrogen and oxygen atoms in total. The van der Waals surface area contributed by atoms with E-state index in [4.69, 9.17) is 9.47 Å². The summed E-state index contributed by atoms with van der Waals surface area (Å²) >= 11 is 0. The first-order valence-electron chi connectivity index (χ1n) is 8.25. The van der Waals surface area contributed by atoms with Gasteiger partial charge in [0.15, 0.2) is 23.1 Å². The first-order chi connectivity index (χ1) is 11.7. The summed E-state index contributed by atoms with van der Waals surface area (Å²) in [5, 5.41) is 3.28. The van der Waals surface area contributed by atoms with Crippen LogP contribution in [0.15, 0.2) is 30.3 Å². The largest absolute Gasteiger partial charge is 0.490 e. The summed E-state index contributed by atoms with van der Waals surface area (Å²) in [7, 11) is 0. The van der Waals surface area contributed by atoms with Gasteiger partial charge < -0.3 is 14.8 Å². The van der Waals surface area contributed by atoms with Crippen molar-refractivity contribution in [3.05, 3.63) is 58.7 Å². The van der Waals surface area contributed by atoms with Crippen molar-refractivity contribution in [1.29, 1.82) is 0 Å². The number of halogens is 3. The highest BCUT2D eigenvalue weighted by atomic mass is 35.5. The molecule has 25 heavy (non-hydrogen) atoms. The van der Waals surface area contributed by atoms with E-state index in [0.29, 0.717) is 36.8 Å². The smallest absolute Gasteiger partial charge is 0.163 e. The summed E-state index contributed by atoms with van der Waals surface area (Å²) in [5.74, 6) is -0.325. The Kier molecular flexibility index (Phi) is 6.62. The van der Waals surface area contributed by atoms with E-state index >= 15 is 0 Å². The molecular formula is C19H22ClF2NO2. The fourth-order valence-corrected chi connectivity index (χ4v) is 3.12. The molecule has 1 aliphatic rings. The Bertz CT molecular complexity index is 740. The molecule has 0 aliphatic carbocycles. The summed E-state index contributed by atoms with van der Waals surface area (Å²) in [6, 6.07) is 7.70. The van der Waals surface area contributed by atoms with E-state index in [-0.39, 0.29) is 12.4 Å². The molecule has 0 amide bonds. The molecule has 1 heterocycles. The predicted octanol–water partition coefficient (Wildman–Crippen LogP) is 4.42. The molecule has 1 aliphatic heterocycles. The van der Waals surface area contributed by atoms with Gasteiger partial charge in [-0.25, -0.2) is 8.78 Å². The number of rotatable bonds is 5. The minimum absolute atomic E-state index is 0. The van der Waals surface area contributed by atoms with Gasteiger partial charge in [-0.3, -0.25) is 0 Å². The second kappa shape index (κ2) is 8.50. The SMILES string of the molecule is CCOc1cc2c(cc1OCC)C(c1cccc(F)c1F)NCC2.Cl. The van der Waals surface area contributed by atoms with Crippen LogP contribution in [0.1, 0.15) is 36.6 Å². The third-order valence-electron chi connectivity index (χ3n) is 4.15. The standard InChI is InChI=1S/C19H21F2NO2.ClH/c1-3-23-16-10-12-8-9-22-19(14(12)11-17(16)24-4-2)13-6-5-7-15(20)18(13)21;/h5-7,10-11,19,22H,3-4,8-9H2,1-2H3;1H. The maximum Gasteiger partial charge on any atom is 0.163 e. The van der Waals surface area contributed by atoms with Gasteiger partial charge in [0, 0.05) is 12.1 Å². The first kappa shape index (κ1) is 19.5. The van der Waals surface area contributed by atoms with E-state index in [1.165, 1.54) is 6.07 Å². The molecule has 1 atom stereocenters. The quantitative estimate of drug-likeness (QED) is 0.846. The van der Waals surface area contributed by atoms with Crippen molar-refractivity contribution in [1.82, 2.24) is 5.32 Å². The Hall–Kier alpha value is -1.85. The molecule has 3 rings (SSSR count). The second-order valence-corrected chi connectivity index (χ2v) is 5.64. The van der Waals surface area contributed by atoms with E-state index in [0.717, 1.165) is 23.6 Å². The summed E-state index contributed by atoms with van der Waals surface area (Å²) < 4.78 is 39.2. The van der Waals surface area contributed by atoms with Gasteiger partial charge in [-0.2, -0.15) is 0 Å². The van der Waals surface area contributed by atoms with Crippen molar-refractivity contribution in [3.63, 3.8) is 0 Å². The number of hydrogen-bond acceptors (Lipinski definition) is 3. The van der Waals surface area contributed by atoms with Crippen LogP contribution in [-0.2, 0) is 6.42 Å². The zero-order chi connectivity index (χ0) is 17.1. The predicted molar refractivity (Wildman–Crippen MR) is 95.9 cm³/mol. The van der Waals surface area contributed by atoms with Crippen LogP contribution in [0.5, 0.6) is 11.5 Å². The number of nitrogens with one attached hydrogen (secondary N) is 1. The molecule has 0 spiro atoms. The minimum atomic E-state index is -0.836. The van der Waals surface area contributed by atoms with Crippen molar-refractivity contribution in [3.8, 4) is 11.5 Å². The van der Waals surface area contributed by atoms with Crippen molar-refractivity contribution < 1.29 is 18.3 Å². The Morgan fingerprint density at radius 3 is 2.40 bits per heavy atom. The normalized spacial score (nSPS) is 15.9. The highest BCUT2D eigenvalue weighted by molar-refractivity contribution is 5.85. The Balaban J connectivity index is 0.00000225. The molecule has 1 unspecified atom stereocenters. The van der Waals surface area contributed by atoms with Gasteiger partial charge in [0.05, 0.1) is 19.3 Å². The third-order valence-corrected chi connectivity index (χ3v) is 4.15. The molecule has 0 saturated heterocycles. The molecule has 6 heteroatoms. The zero-order valence-corrected chi connectivity index (χ0v) is 15.1. The first-order valence-corrected chi connectivity index (χ1v) is 8.25. The van der Waals surface area contributed by atoms with Crippen LogP contribution in [0.25, 0.3) is 0 Å². The van der Waals surface area contributed by atoms with Gasteiger partial charge in [-0.15, -0.1) is 12.4 Å². The van der Waals surface area contributed by atoms with Gasteiger partial charge in [0.1, 0.15) is 0 Å². The van der Waals surface area contributed by atoms with Crippen LogP contribution in [0.4, 0.5) is 8.78 Å². The van der Waals surface area contributed by atoms with Crippen LogP contribution < -0.4 is 14.8 Å². The van der Waals surface area contributed by atoms with Crippen LogP contribution in [0.3, 0.4) is 0 Å². The molecule has 2 aromatic rings. The third kappa shape index (κ3) is 3.88. The fourth-order valence-electron chi connectivity index (χ4n) is 3.12. The molecule has 1 N–H and O–H groups in total. The molecule has 0 saturated carbocycles. The number of benzene rings is 2. The van der Waals surface area contributed by atoms with Crippen LogP contribution >= 0.6 is 12.4 Å². The maximum atomic E-state index is 14.3. The Morgan fingerprint density at radius 1 is 1.04 bits per heavy atom. The lowest BCUT2D eigenvalue weighted by Crippen LogP contribution is -2.31. The minimum Gasteiger partial charge on any atom is -0.490 e. The Labute approximate surface area is 152 Å². The van der Waals surface area contributed by atoms with E-state index in [9.17, 15) is 8.78 Å². The van der Waals surface area contributed by atoms with Crippen LogP contribution in [0.2, 0.25) is 0 Å². The van der Waals surface area contributed by atoms with Crippen LogP contribution in [-0.4, -0.2) is 19.8 Å². The molecule has 2 aromatic carbocycles. The summed E-state index contributed by atoms with van der Waals surface area (Å²) in [5.41, 5.74) is 2.27. The van der Waals surface area contributed by atoms with E-state index in [1.807, 2.05) is 26.0 Å². The van der Waals surface area contributed by atoms with Gasteiger partial charge in [0.25, 0.3) is 0 Å². The molecule has 0 bridgehead atoms. The number of fused-ring (bicyclic) bond motifs is 1. The zero-order valence-electron chi connectivity index (χ0n) is 14.3. The van der Waals surface area contributed by atoms with Gasteiger partial charge >= 0.3 is 0 Å². The highest BCUT2D eigenvalue weighted by Crippen LogP contribution is 2.38. The molecule has 136 valence electrons. The van der Waals surface area contributed by atoms with Crippen LogP contribution in [0, 0.1) is 11.6 Å². The average molecular weight is 370 g/mol. The summed E-state index contributed by atoms with van der Waals surface area (Å²) in [6.07, 6.45) is 0.801. The summed E-state index contributed by atoms with van der Waals surface area (Å²) in [6.45, 7) is 5.55. The van der Waals surface area contributed by atoms with Crippen molar-refractivity contribution in [2.45, 2.75) is 26.3 Å². The monoisotopic (exact) mass is 369 g/mol. The molecule has 0 radical (unpaired) electrons. The summed E-state index contributed by atoms with van der Waals surface area (Å²) in [4.78, 5) is 0. The van der Waals surface area contributed by atoms with Crippen molar-refractivity contribution >= 4 is 12.4 Å². The van der Waals surface area contributed by atoms with Gasteiger partial charge in [0.2, 0.25) is 0 Å². The highest BCUT2D eigenvalue weighted by Gasteiger charge is 2.27. The van der Waals surface area contributed by atoms with E-state index in [1.54, 1.807) is 6.07 Å². The maximum absolute atomic E-state index is 14.3. The number of hydrogen-bond donors (Lipinski definition) is 1. The topological polar surface area (TPSA) is 30.5 Å². The lowest BCUT2D eigenvalue weighted by molar-refractivity contribution is 0.286. The number of ether oxygens (including phenoxy) is 2. The van der Waals surface area contributed by atoms with Gasteiger partial charge in [-0.05, 0) is 49.6 Å². The fraction of sp³-hybridized carbons (Fsp3) is 0.368. The molecular weight excluding hydrogens is 348 g/mol. The second-order valence-electron chi connectivity index (χ2n) is 5.64. The van der Waals surface area contributed by atoms with E-state index in [2.05, 4.69) is 5.32 Å². The van der Waals surface area contributed by atoms with E-state index < -0.39 is 17.7 Å². The average Bonchev–Trinajstić information content (AvgIpc) is 2.58. The lowest BCUT2D eigenvalue weighted by Gasteiger charge is -2.29. The van der Waals surface area contributed by atoms with Crippen molar-refractivity contribution in [2.75, 3.05) is 19.8 Å². The van der Waals surface area contributed by atoms with Gasteiger partial charge in [-0.1, -0.05) is 12.1 Å². The molecule has 0 fully saturated rings. The van der Waals surface area contributed by atoms with Crippen molar-refractivity contribution in [2.24, 2.45) is 0 Å². The lowest BCUT2D eigenvalue weighted by atomic mass is 9.89. The Morgan fingerprint density at radius 2 is 1.72 bits per heavy atom. The molecule has 0 aromatic heterocycles.